The fourth-order valence-electron chi connectivity index (χ4n) is 3.79. The van der Waals surface area contributed by atoms with Crippen LogP contribution in [0.3, 0.4) is 0 Å². The standard InChI is InChI=1S/C20H21F4NO5/c1-28-19(26)11-8-30-9-25(18(11)20(27)29-2)14-6-4-3-5-10(14)15-16(23)12(21)7-13(22)17(15)24/h3-6,12-13,15-17H,7-9H2,1-2H3. The number of halogens is 4. The van der Waals surface area contributed by atoms with Gasteiger partial charge in [0.05, 0.1) is 32.3 Å². The number of rotatable bonds is 4. The van der Waals surface area contributed by atoms with Crippen LogP contribution in [0.4, 0.5) is 23.2 Å². The number of nitrogens with zero attached hydrogens (tertiary/aromatic N) is 1. The number of anilines is 1. The first kappa shape index (κ1) is 22.1. The number of ether oxygens (including phenoxy) is 3. The Hall–Kier alpha value is -2.62. The van der Waals surface area contributed by atoms with Crippen molar-refractivity contribution in [3.8, 4) is 0 Å². The number of benzene rings is 1. The Morgan fingerprint density at radius 1 is 1.00 bits per heavy atom. The first-order chi connectivity index (χ1) is 14.3. The van der Waals surface area contributed by atoms with Crippen molar-refractivity contribution in [3.05, 3.63) is 41.1 Å². The maximum absolute atomic E-state index is 14.7. The monoisotopic (exact) mass is 431 g/mol. The molecule has 1 heterocycles. The Bertz CT molecular complexity index is 834. The highest BCUT2D eigenvalue weighted by molar-refractivity contribution is 6.03. The van der Waals surface area contributed by atoms with Gasteiger partial charge in [-0.1, -0.05) is 18.2 Å². The summed E-state index contributed by atoms with van der Waals surface area (Å²) in [6.45, 7) is -0.517. The van der Waals surface area contributed by atoms with E-state index in [0.29, 0.717) is 0 Å². The summed E-state index contributed by atoms with van der Waals surface area (Å²) in [6.07, 6.45) is -9.80. The van der Waals surface area contributed by atoms with Crippen LogP contribution in [0.1, 0.15) is 17.9 Å². The van der Waals surface area contributed by atoms with Crippen LogP contribution in [0.15, 0.2) is 35.5 Å². The Balaban J connectivity index is 2.14. The van der Waals surface area contributed by atoms with Gasteiger partial charge in [0.2, 0.25) is 0 Å². The van der Waals surface area contributed by atoms with Gasteiger partial charge in [0.15, 0.2) is 0 Å². The third-order valence-corrected chi connectivity index (χ3v) is 5.25. The van der Waals surface area contributed by atoms with Crippen LogP contribution in [0.5, 0.6) is 0 Å². The van der Waals surface area contributed by atoms with Crippen molar-refractivity contribution in [2.45, 2.75) is 37.0 Å². The lowest BCUT2D eigenvalue weighted by Gasteiger charge is -2.38. The fourth-order valence-corrected chi connectivity index (χ4v) is 3.79. The summed E-state index contributed by atoms with van der Waals surface area (Å²) < 4.78 is 72.2. The molecule has 0 radical (unpaired) electrons. The van der Waals surface area contributed by atoms with Gasteiger partial charge in [0.25, 0.3) is 0 Å². The minimum absolute atomic E-state index is 0.0568. The largest absolute Gasteiger partial charge is 0.466 e. The Morgan fingerprint density at radius 3 is 2.20 bits per heavy atom. The van der Waals surface area contributed by atoms with E-state index >= 15 is 0 Å². The molecule has 4 atom stereocenters. The van der Waals surface area contributed by atoms with E-state index in [1.54, 1.807) is 0 Å². The summed E-state index contributed by atoms with van der Waals surface area (Å²) in [7, 11) is 2.21. The number of esters is 2. The Labute approximate surface area is 170 Å². The lowest BCUT2D eigenvalue weighted by atomic mass is 9.78. The van der Waals surface area contributed by atoms with Crippen LogP contribution in [0.25, 0.3) is 0 Å². The number of methoxy groups -OCH3 is 2. The van der Waals surface area contributed by atoms with Crippen LogP contribution in [-0.4, -0.2) is 64.2 Å². The van der Waals surface area contributed by atoms with Crippen LogP contribution < -0.4 is 4.90 Å². The number of hydrogen-bond acceptors (Lipinski definition) is 6. The van der Waals surface area contributed by atoms with E-state index in [4.69, 9.17) is 9.47 Å². The third-order valence-electron chi connectivity index (χ3n) is 5.25. The second-order valence-corrected chi connectivity index (χ2v) is 6.96. The zero-order valence-corrected chi connectivity index (χ0v) is 16.3. The quantitative estimate of drug-likeness (QED) is 0.540. The summed E-state index contributed by atoms with van der Waals surface area (Å²) in [6, 6.07) is 5.71. The Morgan fingerprint density at radius 2 is 1.60 bits per heavy atom. The lowest BCUT2D eigenvalue weighted by Crippen LogP contribution is -2.45. The van der Waals surface area contributed by atoms with Crippen molar-refractivity contribution in [2.75, 3.05) is 32.5 Å². The molecule has 0 saturated heterocycles. The number of para-hydroxylation sites is 1. The number of hydrogen-bond donors (Lipinski definition) is 0. The van der Waals surface area contributed by atoms with E-state index in [0.717, 1.165) is 14.2 Å². The van der Waals surface area contributed by atoms with Gasteiger partial charge in [-0.2, -0.15) is 0 Å². The molecule has 0 N–H and O–H groups in total. The molecule has 1 aliphatic carbocycles. The third kappa shape index (κ3) is 3.88. The van der Waals surface area contributed by atoms with Crippen LogP contribution in [0.2, 0.25) is 0 Å². The van der Waals surface area contributed by atoms with Gasteiger partial charge in [-0.25, -0.2) is 27.2 Å². The van der Waals surface area contributed by atoms with E-state index in [2.05, 4.69) is 4.74 Å². The molecule has 6 nitrogen and oxygen atoms in total. The highest BCUT2D eigenvalue weighted by Crippen LogP contribution is 2.44. The van der Waals surface area contributed by atoms with Crippen LogP contribution in [0, 0.1) is 0 Å². The van der Waals surface area contributed by atoms with E-state index in [-0.39, 0.29) is 35.9 Å². The summed E-state index contributed by atoms with van der Waals surface area (Å²) in [5.74, 6) is -3.51. The molecule has 0 spiro atoms. The highest BCUT2D eigenvalue weighted by atomic mass is 19.2. The SMILES string of the molecule is COC(=O)C1=C(C(=O)OC)N(c2ccccc2C2C(F)C(F)CC(F)C2F)COC1. The molecule has 1 aromatic carbocycles. The molecule has 2 aliphatic rings. The minimum Gasteiger partial charge on any atom is -0.466 e. The second-order valence-electron chi connectivity index (χ2n) is 6.96. The summed E-state index contributed by atoms with van der Waals surface area (Å²) in [4.78, 5) is 25.8. The van der Waals surface area contributed by atoms with E-state index in [9.17, 15) is 27.2 Å². The molecule has 0 aromatic heterocycles. The van der Waals surface area contributed by atoms with Gasteiger partial charge in [0.1, 0.15) is 37.1 Å². The molecule has 0 bridgehead atoms. The van der Waals surface area contributed by atoms with Crippen LogP contribution in [-0.2, 0) is 23.8 Å². The molecule has 10 heteroatoms. The first-order valence-corrected chi connectivity index (χ1v) is 9.22. The Kier molecular flexibility index (Phi) is 6.64. The van der Waals surface area contributed by atoms with Gasteiger partial charge in [0, 0.05) is 12.1 Å². The second kappa shape index (κ2) is 9.03. The smallest absolute Gasteiger partial charge is 0.355 e. The van der Waals surface area contributed by atoms with Crippen LogP contribution >= 0.6 is 0 Å². The van der Waals surface area contributed by atoms with E-state index < -0.39 is 49.0 Å². The number of alkyl halides is 4. The molecule has 0 amide bonds. The maximum atomic E-state index is 14.7. The summed E-state index contributed by atoms with van der Waals surface area (Å²) in [5, 5.41) is 0. The predicted molar refractivity (Wildman–Crippen MR) is 97.7 cm³/mol. The van der Waals surface area contributed by atoms with Gasteiger partial charge < -0.3 is 19.1 Å². The minimum atomic E-state index is -2.29. The molecular weight excluding hydrogens is 410 g/mol. The average molecular weight is 431 g/mol. The molecular formula is C20H21F4NO5. The number of carbonyl (C=O) groups excluding carboxylic acids is 2. The molecule has 1 saturated carbocycles. The molecule has 4 unspecified atom stereocenters. The van der Waals surface area contributed by atoms with Gasteiger partial charge in [-0.05, 0) is 11.6 Å². The van der Waals surface area contributed by atoms with Crippen molar-refractivity contribution < 1.29 is 41.4 Å². The van der Waals surface area contributed by atoms with Crippen molar-refractivity contribution >= 4 is 17.6 Å². The van der Waals surface area contributed by atoms with E-state index in [1.807, 2.05) is 0 Å². The predicted octanol–water partition coefficient (Wildman–Crippen LogP) is 2.92. The van der Waals surface area contributed by atoms with Crippen molar-refractivity contribution in [1.82, 2.24) is 0 Å². The fraction of sp³-hybridized carbons (Fsp3) is 0.500. The highest BCUT2D eigenvalue weighted by Gasteiger charge is 2.48. The van der Waals surface area contributed by atoms with Crippen molar-refractivity contribution in [2.24, 2.45) is 0 Å². The van der Waals surface area contributed by atoms with Gasteiger partial charge >= 0.3 is 11.9 Å². The summed E-state index contributed by atoms with van der Waals surface area (Å²) >= 11 is 0. The molecule has 1 aliphatic heterocycles. The van der Waals surface area contributed by atoms with E-state index in [1.165, 1.54) is 29.2 Å². The lowest BCUT2D eigenvalue weighted by molar-refractivity contribution is -0.140. The normalized spacial score (nSPS) is 29.5. The molecule has 30 heavy (non-hydrogen) atoms. The molecule has 1 aromatic rings. The molecule has 164 valence electrons. The van der Waals surface area contributed by atoms with Crippen molar-refractivity contribution in [3.63, 3.8) is 0 Å². The summed E-state index contributed by atoms with van der Waals surface area (Å²) in [5.41, 5.74) is -0.387. The average Bonchev–Trinajstić information content (AvgIpc) is 2.76. The molecule has 1 fully saturated rings. The molecule has 3 rings (SSSR count). The van der Waals surface area contributed by atoms with Gasteiger partial charge in [-0.15, -0.1) is 0 Å². The first-order valence-electron chi connectivity index (χ1n) is 9.22. The zero-order chi connectivity index (χ0) is 22.0. The maximum Gasteiger partial charge on any atom is 0.355 e. The topological polar surface area (TPSA) is 65.1 Å². The zero-order valence-electron chi connectivity index (χ0n) is 16.3. The number of carbonyl (C=O) groups is 2. The van der Waals surface area contributed by atoms with Crippen molar-refractivity contribution in [1.29, 1.82) is 0 Å². The van der Waals surface area contributed by atoms with Gasteiger partial charge in [-0.3, -0.25) is 0 Å².